The molecule has 0 radical (unpaired) electrons. The van der Waals surface area contributed by atoms with Gasteiger partial charge in [-0.15, -0.1) is 0 Å². The second-order valence-corrected chi connectivity index (χ2v) is 26.7. The maximum atomic E-state index is 12.6. The molecule has 8 fully saturated rings. The second-order valence-electron chi connectivity index (χ2n) is 26.7. The van der Waals surface area contributed by atoms with Crippen molar-refractivity contribution in [1.29, 1.82) is 0 Å². The summed E-state index contributed by atoms with van der Waals surface area (Å²) in [4.78, 5) is 12.4. The standard InChI is InChI=1S/C55H90O25/c1-22(59)74-45-44(71)55(21-58)24(15-50(45,2)3)23-9-10-30-52(6)13-12-32(51(4,5)29(52)11-14-53(30,7)54(23,8)16-31(55)61)78-49-43(80-48-40(69)37(66)35(64)27(18-57)76-48)41(70)42(79-47-39(68)36(65)34(63)26(17-56)75-47)28(77-49)20-73-46-38(67)33(62)25(60)19-72-46/h9,24-49,56-58,60-71H,10-21H2,1-8H3/t24-,25-,26-,27-,28-,29+,30-,31-,32+,33+,34-,35-,36+,37+,38+,39-,40-,41+,42-,43-,44+,45+,46-,47+,48+,49+,52+,53-,54-,55+/m1/s1. The molecule has 0 aromatic rings. The second kappa shape index (κ2) is 22.9. The first-order chi connectivity index (χ1) is 37.4. The van der Waals surface area contributed by atoms with Crippen LogP contribution in [0.15, 0.2) is 11.6 Å². The van der Waals surface area contributed by atoms with Crippen molar-refractivity contribution < 1.29 is 124 Å². The van der Waals surface area contributed by atoms with Crippen molar-refractivity contribution >= 4 is 5.97 Å². The van der Waals surface area contributed by atoms with Crippen LogP contribution in [-0.2, 0) is 47.4 Å². The van der Waals surface area contributed by atoms with E-state index in [1.807, 2.05) is 13.8 Å². The fourth-order valence-corrected chi connectivity index (χ4v) is 16.9. The molecule has 0 bridgehead atoms. The zero-order chi connectivity index (χ0) is 58.7. The summed E-state index contributed by atoms with van der Waals surface area (Å²) in [6, 6.07) is 0. The molecule has 80 heavy (non-hydrogen) atoms. The van der Waals surface area contributed by atoms with E-state index in [1.165, 1.54) is 6.92 Å². The van der Waals surface area contributed by atoms with Crippen LogP contribution >= 0.6 is 0 Å². The lowest BCUT2D eigenvalue weighted by Gasteiger charge is -2.72. The van der Waals surface area contributed by atoms with Gasteiger partial charge in [-0.1, -0.05) is 60.1 Å². The van der Waals surface area contributed by atoms with E-state index in [-0.39, 0.29) is 23.7 Å². The van der Waals surface area contributed by atoms with E-state index >= 15 is 0 Å². The molecular formula is C55H90O25. The summed E-state index contributed by atoms with van der Waals surface area (Å²) in [5.74, 6) is -0.974. The van der Waals surface area contributed by atoms with Crippen molar-refractivity contribution in [3.8, 4) is 0 Å². The molecule has 4 saturated carbocycles. The lowest BCUT2D eigenvalue weighted by Crippen LogP contribution is -2.72. The average molecular weight is 1150 g/mol. The van der Waals surface area contributed by atoms with Crippen molar-refractivity contribution in [3.05, 3.63) is 11.6 Å². The number of carbonyl (C=O) groups is 1. The molecule has 9 aliphatic rings. The number of aliphatic hydroxyl groups excluding tert-OH is 15. The van der Waals surface area contributed by atoms with Crippen LogP contribution < -0.4 is 0 Å². The maximum absolute atomic E-state index is 12.6. The lowest BCUT2D eigenvalue weighted by molar-refractivity contribution is -0.398. The number of hydrogen-bond donors (Lipinski definition) is 15. The van der Waals surface area contributed by atoms with Crippen LogP contribution in [0, 0.1) is 50.2 Å². The fourth-order valence-electron chi connectivity index (χ4n) is 16.9. The Morgan fingerprint density at radius 1 is 0.625 bits per heavy atom. The van der Waals surface area contributed by atoms with Crippen LogP contribution in [0.1, 0.15) is 100 Å². The van der Waals surface area contributed by atoms with Crippen molar-refractivity contribution in [3.63, 3.8) is 0 Å². The highest BCUT2D eigenvalue weighted by atomic mass is 16.8. The first kappa shape index (κ1) is 62.8. The summed E-state index contributed by atoms with van der Waals surface area (Å²) >= 11 is 0. The number of allylic oxidation sites excluding steroid dienone is 2. The number of aliphatic hydroxyl groups is 15. The first-order valence-electron chi connectivity index (χ1n) is 28.4. The van der Waals surface area contributed by atoms with Crippen molar-refractivity contribution in [2.45, 2.75) is 241 Å². The normalized spacial score (nSPS) is 53.8. The van der Waals surface area contributed by atoms with Gasteiger partial charge in [-0.25, -0.2) is 0 Å². The van der Waals surface area contributed by atoms with Crippen LogP contribution in [0.2, 0.25) is 0 Å². The van der Waals surface area contributed by atoms with Gasteiger partial charge in [0.15, 0.2) is 25.2 Å². The van der Waals surface area contributed by atoms with E-state index in [2.05, 4.69) is 40.7 Å². The van der Waals surface area contributed by atoms with Gasteiger partial charge in [-0.3, -0.25) is 4.79 Å². The Morgan fingerprint density at radius 2 is 1.20 bits per heavy atom. The molecule has 15 N–H and O–H groups in total. The molecule has 4 aliphatic heterocycles. The van der Waals surface area contributed by atoms with Crippen LogP contribution in [0.5, 0.6) is 0 Å². The van der Waals surface area contributed by atoms with Gasteiger partial charge in [0, 0.05) is 12.3 Å². The fraction of sp³-hybridized carbons (Fsp3) is 0.945. The molecule has 460 valence electrons. The van der Waals surface area contributed by atoms with Gasteiger partial charge in [-0.2, -0.15) is 0 Å². The highest BCUT2D eigenvalue weighted by Crippen LogP contribution is 2.76. The van der Waals surface area contributed by atoms with E-state index in [1.54, 1.807) is 0 Å². The Bertz CT molecular complexity index is 2200. The van der Waals surface area contributed by atoms with Gasteiger partial charge in [0.05, 0.1) is 50.7 Å². The predicted molar refractivity (Wildman–Crippen MR) is 270 cm³/mol. The SMILES string of the molecule is CC(=O)O[C@H]1[C@H](O)[C@]2(CO)[C@H](O)C[C@]3(C)C(=CC[C@@H]4[C@@]5(C)CC[C@H](O[C@@H]6O[C@H](CO[C@H]7OC[C@@H](O)[C@H](O)[C@@H]7O)[C@@H](O[C@@H]7O[C@H](CO)[C@@H](O)[C@H](O)[C@H]7O)[C@H](O)[C@H]6O[C@@H]6O[C@H](CO)[C@@H](O)[C@H](O)[C@H]6O)C(C)(C)[C@@H]5CC[C@]43C)[C@H]2CC1(C)C. The molecule has 25 heteroatoms. The summed E-state index contributed by atoms with van der Waals surface area (Å²) in [6.07, 6.45) is -31.3. The Labute approximate surface area is 465 Å². The summed E-state index contributed by atoms with van der Waals surface area (Å²) in [7, 11) is 0. The molecule has 0 aromatic carbocycles. The number of ether oxygens (including phenoxy) is 9. The number of rotatable bonds is 13. The molecule has 9 rings (SSSR count). The van der Waals surface area contributed by atoms with Gasteiger partial charge in [0.1, 0.15) is 104 Å². The third-order valence-electron chi connectivity index (χ3n) is 21.7. The van der Waals surface area contributed by atoms with Crippen LogP contribution in [-0.4, -0.2) is 257 Å². The quantitative estimate of drug-likeness (QED) is 0.0485. The minimum atomic E-state index is -1.99. The van der Waals surface area contributed by atoms with E-state index in [9.17, 15) is 81.4 Å². The predicted octanol–water partition coefficient (Wildman–Crippen LogP) is -3.44. The van der Waals surface area contributed by atoms with Gasteiger partial charge in [0.2, 0.25) is 0 Å². The maximum Gasteiger partial charge on any atom is 0.303 e. The Hall–Kier alpha value is -1.71. The summed E-state index contributed by atoms with van der Waals surface area (Å²) < 4.78 is 54.8. The highest BCUT2D eigenvalue weighted by molar-refractivity contribution is 5.66. The third-order valence-corrected chi connectivity index (χ3v) is 21.7. The minimum absolute atomic E-state index is 0.0400. The monoisotopic (exact) mass is 1150 g/mol. The lowest BCUT2D eigenvalue weighted by atomic mass is 9.33. The molecule has 0 amide bonds. The molecule has 0 unspecified atom stereocenters. The molecule has 0 aromatic heterocycles. The van der Waals surface area contributed by atoms with Crippen LogP contribution in [0.25, 0.3) is 0 Å². The summed E-state index contributed by atoms with van der Waals surface area (Å²) in [5.41, 5.74) is -3.04. The van der Waals surface area contributed by atoms with Gasteiger partial charge >= 0.3 is 5.97 Å². The number of fused-ring (bicyclic) bond motifs is 7. The zero-order valence-electron chi connectivity index (χ0n) is 46.9. The van der Waals surface area contributed by atoms with Crippen molar-refractivity contribution in [2.75, 3.05) is 33.0 Å². The van der Waals surface area contributed by atoms with E-state index < -0.39 is 213 Å². The molecule has 30 atom stereocenters. The minimum Gasteiger partial charge on any atom is -0.459 e. The van der Waals surface area contributed by atoms with Gasteiger partial charge < -0.3 is 119 Å². The Morgan fingerprint density at radius 3 is 1.77 bits per heavy atom. The summed E-state index contributed by atoms with van der Waals surface area (Å²) in [6.45, 7) is 12.9. The molecule has 4 heterocycles. The van der Waals surface area contributed by atoms with Gasteiger partial charge in [0.25, 0.3) is 0 Å². The van der Waals surface area contributed by atoms with E-state index in [0.29, 0.717) is 38.5 Å². The van der Waals surface area contributed by atoms with Crippen LogP contribution in [0.4, 0.5) is 0 Å². The average Bonchev–Trinajstić information content (AvgIpc) is 3.43. The summed E-state index contributed by atoms with van der Waals surface area (Å²) in [5, 5.41) is 165. The topological polar surface area (TPSA) is 404 Å². The van der Waals surface area contributed by atoms with Crippen LogP contribution in [0.3, 0.4) is 0 Å². The smallest absolute Gasteiger partial charge is 0.303 e. The molecule has 25 nitrogen and oxygen atoms in total. The molecule has 0 spiro atoms. The molecule has 5 aliphatic carbocycles. The first-order valence-corrected chi connectivity index (χ1v) is 28.4. The van der Waals surface area contributed by atoms with Gasteiger partial charge in [-0.05, 0) is 84.4 Å². The zero-order valence-corrected chi connectivity index (χ0v) is 46.9. The van der Waals surface area contributed by atoms with E-state index in [0.717, 1.165) is 5.57 Å². The van der Waals surface area contributed by atoms with E-state index in [4.69, 9.17) is 42.6 Å². The number of esters is 1. The Balaban J connectivity index is 1.03. The largest absolute Gasteiger partial charge is 0.459 e. The molecule has 4 saturated heterocycles. The third kappa shape index (κ3) is 10.1. The molecular weight excluding hydrogens is 1060 g/mol. The number of carbonyl (C=O) groups excluding carboxylic acids is 1. The highest BCUT2D eigenvalue weighted by Gasteiger charge is 2.73. The Kier molecular flexibility index (Phi) is 17.9. The van der Waals surface area contributed by atoms with Crippen molar-refractivity contribution in [1.82, 2.24) is 0 Å². The van der Waals surface area contributed by atoms with Crippen molar-refractivity contribution in [2.24, 2.45) is 50.2 Å². The number of hydrogen-bond acceptors (Lipinski definition) is 25.